The standard InChI is InChI=1S/C9H14N4O2/c1-5-6(2)12-8(10)7(11-5)9(14)13(3)15-4/h1-4H3,(H2,10,12). The van der Waals surface area contributed by atoms with Gasteiger partial charge in [0.2, 0.25) is 0 Å². The Morgan fingerprint density at radius 1 is 1.33 bits per heavy atom. The smallest absolute Gasteiger partial charge is 0.299 e. The molecule has 1 aromatic rings. The van der Waals surface area contributed by atoms with E-state index in [0.717, 1.165) is 5.06 Å². The molecule has 82 valence electrons. The predicted octanol–water partition coefficient (Wildman–Crippen LogP) is 0.309. The molecule has 6 heteroatoms. The maximum absolute atomic E-state index is 11.7. The monoisotopic (exact) mass is 210 g/mol. The summed E-state index contributed by atoms with van der Waals surface area (Å²) in [5.74, 6) is -0.294. The molecule has 0 radical (unpaired) electrons. The molecule has 0 saturated heterocycles. The van der Waals surface area contributed by atoms with Crippen molar-refractivity contribution in [3.05, 3.63) is 17.1 Å². The van der Waals surface area contributed by atoms with E-state index in [2.05, 4.69) is 9.97 Å². The van der Waals surface area contributed by atoms with E-state index in [-0.39, 0.29) is 11.5 Å². The number of anilines is 1. The Bertz CT molecular complexity index is 392. The molecule has 0 unspecified atom stereocenters. The van der Waals surface area contributed by atoms with Gasteiger partial charge in [-0.2, -0.15) is 0 Å². The summed E-state index contributed by atoms with van der Waals surface area (Å²) in [6.07, 6.45) is 0. The lowest BCUT2D eigenvalue weighted by molar-refractivity contribution is -0.0760. The average Bonchev–Trinajstić information content (AvgIpc) is 2.21. The molecule has 0 fully saturated rings. The summed E-state index contributed by atoms with van der Waals surface area (Å²) in [6.45, 7) is 3.55. The van der Waals surface area contributed by atoms with E-state index >= 15 is 0 Å². The number of nitrogens with two attached hydrogens (primary N) is 1. The Labute approximate surface area is 88.0 Å². The largest absolute Gasteiger partial charge is 0.382 e. The zero-order valence-corrected chi connectivity index (χ0v) is 9.24. The van der Waals surface area contributed by atoms with Crippen LogP contribution < -0.4 is 5.73 Å². The van der Waals surface area contributed by atoms with Gasteiger partial charge >= 0.3 is 0 Å². The number of rotatable bonds is 2. The van der Waals surface area contributed by atoms with E-state index in [1.807, 2.05) is 0 Å². The molecule has 0 atom stereocenters. The summed E-state index contributed by atoms with van der Waals surface area (Å²) < 4.78 is 0. The van der Waals surface area contributed by atoms with Crippen molar-refractivity contribution in [1.82, 2.24) is 15.0 Å². The van der Waals surface area contributed by atoms with E-state index < -0.39 is 5.91 Å². The Balaban J connectivity index is 3.15. The molecule has 1 aromatic heterocycles. The number of nitrogens with zero attached hydrogens (tertiary/aromatic N) is 3. The van der Waals surface area contributed by atoms with Crippen LogP contribution in [0.4, 0.5) is 5.82 Å². The highest BCUT2D eigenvalue weighted by molar-refractivity contribution is 5.95. The quantitative estimate of drug-likeness (QED) is 0.710. The fourth-order valence-electron chi connectivity index (χ4n) is 1.01. The summed E-state index contributed by atoms with van der Waals surface area (Å²) in [5.41, 5.74) is 7.11. The number of amides is 1. The van der Waals surface area contributed by atoms with Crippen molar-refractivity contribution in [2.24, 2.45) is 0 Å². The first-order valence-corrected chi connectivity index (χ1v) is 4.40. The second-order valence-electron chi connectivity index (χ2n) is 3.11. The molecule has 0 saturated carbocycles. The van der Waals surface area contributed by atoms with Crippen molar-refractivity contribution in [3.63, 3.8) is 0 Å². The number of aromatic nitrogens is 2. The molecule has 1 rings (SSSR count). The first-order chi connectivity index (χ1) is 6.97. The lowest BCUT2D eigenvalue weighted by Crippen LogP contribution is -2.28. The van der Waals surface area contributed by atoms with E-state index in [1.54, 1.807) is 13.8 Å². The molecule has 0 aliphatic carbocycles. The van der Waals surface area contributed by atoms with Crippen LogP contribution in [0.15, 0.2) is 0 Å². The van der Waals surface area contributed by atoms with Gasteiger partial charge in [-0.1, -0.05) is 0 Å². The minimum absolute atomic E-state index is 0.113. The number of nitrogen functional groups attached to an aromatic ring is 1. The van der Waals surface area contributed by atoms with Gasteiger partial charge in [0.05, 0.1) is 18.5 Å². The van der Waals surface area contributed by atoms with Crippen LogP contribution in [-0.2, 0) is 4.84 Å². The summed E-state index contributed by atoms with van der Waals surface area (Å²) >= 11 is 0. The fraction of sp³-hybridized carbons (Fsp3) is 0.444. The highest BCUT2D eigenvalue weighted by Crippen LogP contribution is 2.11. The van der Waals surface area contributed by atoms with E-state index in [1.165, 1.54) is 14.2 Å². The third kappa shape index (κ3) is 2.21. The maximum Gasteiger partial charge on any atom is 0.299 e. The number of hydroxylamine groups is 2. The van der Waals surface area contributed by atoms with Gasteiger partial charge < -0.3 is 5.73 Å². The van der Waals surface area contributed by atoms with Gasteiger partial charge in [-0.25, -0.2) is 15.0 Å². The lowest BCUT2D eigenvalue weighted by Gasteiger charge is -2.14. The second-order valence-corrected chi connectivity index (χ2v) is 3.11. The van der Waals surface area contributed by atoms with Crippen LogP contribution in [0.5, 0.6) is 0 Å². The first-order valence-electron chi connectivity index (χ1n) is 4.40. The Morgan fingerprint density at radius 3 is 2.40 bits per heavy atom. The third-order valence-corrected chi connectivity index (χ3v) is 2.10. The minimum Gasteiger partial charge on any atom is -0.382 e. The molecule has 1 heterocycles. The number of carbonyl (C=O) groups is 1. The number of aryl methyl sites for hydroxylation is 2. The van der Waals surface area contributed by atoms with E-state index in [4.69, 9.17) is 10.6 Å². The first kappa shape index (κ1) is 11.4. The summed E-state index contributed by atoms with van der Waals surface area (Å²) in [5, 5.41) is 1.05. The normalized spacial score (nSPS) is 10.1. The summed E-state index contributed by atoms with van der Waals surface area (Å²) in [6, 6.07) is 0. The van der Waals surface area contributed by atoms with Crippen LogP contribution in [0.3, 0.4) is 0 Å². The van der Waals surface area contributed by atoms with Crippen LogP contribution in [0.2, 0.25) is 0 Å². The van der Waals surface area contributed by atoms with Gasteiger partial charge in [-0.15, -0.1) is 0 Å². The third-order valence-electron chi connectivity index (χ3n) is 2.10. The summed E-state index contributed by atoms with van der Waals surface area (Å²) in [7, 11) is 2.88. The number of hydrogen-bond acceptors (Lipinski definition) is 5. The zero-order chi connectivity index (χ0) is 11.6. The Morgan fingerprint density at radius 2 is 1.87 bits per heavy atom. The van der Waals surface area contributed by atoms with Gasteiger partial charge in [-0.3, -0.25) is 9.63 Å². The van der Waals surface area contributed by atoms with Gasteiger partial charge in [0.25, 0.3) is 5.91 Å². The van der Waals surface area contributed by atoms with Crippen molar-refractivity contribution in [1.29, 1.82) is 0 Å². The number of hydrogen-bond donors (Lipinski definition) is 1. The molecule has 0 aromatic carbocycles. The fourth-order valence-corrected chi connectivity index (χ4v) is 1.01. The Hall–Kier alpha value is -1.69. The van der Waals surface area contributed by atoms with E-state index in [9.17, 15) is 4.79 Å². The highest BCUT2D eigenvalue weighted by atomic mass is 16.7. The topological polar surface area (TPSA) is 81.3 Å². The van der Waals surface area contributed by atoms with Crippen molar-refractivity contribution in [2.75, 3.05) is 19.9 Å². The highest BCUT2D eigenvalue weighted by Gasteiger charge is 2.18. The van der Waals surface area contributed by atoms with Gasteiger partial charge in [0, 0.05) is 7.05 Å². The van der Waals surface area contributed by atoms with E-state index in [0.29, 0.717) is 11.4 Å². The van der Waals surface area contributed by atoms with Crippen molar-refractivity contribution in [2.45, 2.75) is 13.8 Å². The molecule has 0 bridgehead atoms. The Kier molecular flexibility index (Phi) is 3.21. The molecular formula is C9H14N4O2. The van der Waals surface area contributed by atoms with Crippen LogP contribution in [0.1, 0.15) is 21.9 Å². The van der Waals surface area contributed by atoms with Crippen LogP contribution in [0, 0.1) is 13.8 Å². The summed E-state index contributed by atoms with van der Waals surface area (Å²) in [4.78, 5) is 24.5. The molecule has 6 nitrogen and oxygen atoms in total. The van der Waals surface area contributed by atoms with Crippen molar-refractivity contribution < 1.29 is 9.63 Å². The molecule has 0 aliphatic rings. The van der Waals surface area contributed by atoms with Gasteiger partial charge in [0.15, 0.2) is 11.5 Å². The predicted molar refractivity (Wildman–Crippen MR) is 55.0 cm³/mol. The molecular weight excluding hydrogens is 196 g/mol. The molecule has 0 spiro atoms. The molecule has 2 N–H and O–H groups in total. The SMILES string of the molecule is CON(C)C(=O)c1nc(C)c(C)nc1N. The lowest BCUT2D eigenvalue weighted by atomic mass is 10.3. The molecule has 0 aliphatic heterocycles. The van der Waals surface area contributed by atoms with Crippen LogP contribution in [-0.4, -0.2) is 35.1 Å². The average molecular weight is 210 g/mol. The van der Waals surface area contributed by atoms with Gasteiger partial charge in [-0.05, 0) is 13.8 Å². The molecule has 1 amide bonds. The van der Waals surface area contributed by atoms with Crippen molar-refractivity contribution in [3.8, 4) is 0 Å². The zero-order valence-electron chi connectivity index (χ0n) is 9.24. The maximum atomic E-state index is 11.7. The van der Waals surface area contributed by atoms with Gasteiger partial charge in [0.1, 0.15) is 0 Å². The van der Waals surface area contributed by atoms with Crippen LogP contribution >= 0.6 is 0 Å². The minimum atomic E-state index is -0.411. The second kappa shape index (κ2) is 4.22. The number of carbonyl (C=O) groups excluding carboxylic acids is 1. The van der Waals surface area contributed by atoms with Crippen molar-refractivity contribution >= 4 is 11.7 Å². The van der Waals surface area contributed by atoms with Crippen LogP contribution in [0.25, 0.3) is 0 Å². The molecule has 15 heavy (non-hydrogen) atoms.